The summed E-state index contributed by atoms with van der Waals surface area (Å²) in [5.74, 6) is 0.831. The molecule has 1 saturated carbocycles. The number of nitrogens with one attached hydrogen (secondary N) is 1. The Labute approximate surface area is 117 Å². The Morgan fingerprint density at radius 3 is 2.53 bits per heavy atom. The zero-order valence-electron chi connectivity index (χ0n) is 13.4. The minimum atomic E-state index is 0.481. The van der Waals surface area contributed by atoms with Gasteiger partial charge in [0, 0.05) is 30.9 Å². The van der Waals surface area contributed by atoms with E-state index in [1.807, 2.05) is 11.7 Å². The number of hydrogen-bond donors (Lipinski definition) is 1. The molecule has 1 aromatic rings. The van der Waals surface area contributed by atoms with Crippen molar-refractivity contribution in [3.05, 3.63) is 17.0 Å². The summed E-state index contributed by atoms with van der Waals surface area (Å²) >= 11 is 0. The lowest BCUT2D eigenvalue weighted by Gasteiger charge is -2.39. The highest BCUT2D eigenvalue weighted by Crippen LogP contribution is 2.38. The van der Waals surface area contributed by atoms with Gasteiger partial charge < -0.3 is 5.32 Å². The van der Waals surface area contributed by atoms with Gasteiger partial charge in [-0.3, -0.25) is 4.68 Å². The normalized spacial score (nSPS) is 26.6. The lowest BCUT2D eigenvalue weighted by Crippen LogP contribution is -2.39. The summed E-state index contributed by atoms with van der Waals surface area (Å²) in [6.45, 7) is 12.4. The highest BCUT2D eigenvalue weighted by molar-refractivity contribution is 5.24. The molecule has 1 aliphatic carbocycles. The molecule has 3 heteroatoms. The van der Waals surface area contributed by atoms with Crippen molar-refractivity contribution in [2.45, 2.75) is 66.5 Å². The van der Waals surface area contributed by atoms with E-state index in [0.717, 1.165) is 18.2 Å². The van der Waals surface area contributed by atoms with Crippen molar-refractivity contribution < 1.29 is 0 Å². The van der Waals surface area contributed by atoms with Gasteiger partial charge in [-0.15, -0.1) is 0 Å². The van der Waals surface area contributed by atoms with E-state index in [1.54, 1.807) is 0 Å². The Balaban J connectivity index is 1.98. The molecule has 0 amide bonds. The van der Waals surface area contributed by atoms with Crippen molar-refractivity contribution in [1.29, 1.82) is 0 Å². The zero-order chi connectivity index (χ0) is 14.2. The largest absolute Gasteiger partial charge is 0.310 e. The van der Waals surface area contributed by atoms with Crippen LogP contribution in [-0.4, -0.2) is 15.8 Å². The van der Waals surface area contributed by atoms with E-state index in [0.29, 0.717) is 11.5 Å². The van der Waals surface area contributed by atoms with E-state index in [9.17, 15) is 0 Å². The molecule has 0 radical (unpaired) electrons. The fraction of sp³-hybridized carbons (Fsp3) is 0.812. The van der Waals surface area contributed by atoms with Gasteiger partial charge in [0.25, 0.3) is 0 Å². The molecule has 0 saturated heterocycles. The summed E-state index contributed by atoms with van der Waals surface area (Å²) in [6, 6.07) is 0.651. The van der Waals surface area contributed by atoms with Crippen LogP contribution in [0.2, 0.25) is 0 Å². The van der Waals surface area contributed by atoms with Gasteiger partial charge in [0.2, 0.25) is 0 Å². The van der Waals surface area contributed by atoms with Crippen molar-refractivity contribution in [2.75, 3.05) is 0 Å². The van der Waals surface area contributed by atoms with Crippen LogP contribution in [0.1, 0.15) is 57.0 Å². The molecule has 2 rings (SSSR count). The molecule has 1 fully saturated rings. The van der Waals surface area contributed by atoms with E-state index < -0.39 is 0 Å². The van der Waals surface area contributed by atoms with E-state index in [-0.39, 0.29) is 0 Å². The lowest BCUT2D eigenvalue weighted by molar-refractivity contribution is 0.151. The maximum Gasteiger partial charge on any atom is 0.0641 e. The fourth-order valence-corrected chi connectivity index (χ4v) is 3.82. The third-order valence-corrected chi connectivity index (χ3v) is 4.61. The van der Waals surface area contributed by atoms with Crippen molar-refractivity contribution >= 4 is 0 Å². The van der Waals surface area contributed by atoms with Gasteiger partial charge >= 0.3 is 0 Å². The fourth-order valence-electron chi connectivity index (χ4n) is 3.82. The van der Waals surface area contributed by atoms with Crippen molar-refractivity contribution in [3.63, 3.8) is 0 Å². The van der Waals surface area contributed by atoms with Crippen LogP contribution in [0.15, 0.2) is 0 Å². The first-order valence-corrected chi connectivity index (χ1v) is 7.51. The van der Waals surface area contributed by atoms with Crippen LogP contribution >= 0.6 is 0 Å². The summed E-state index contributed by atoms with van der Waals surface area (Å²) in [7, 11) is 2.03. The molecule has 2 unspecified atom stereocenters. The summed E-state index contributed by atoms with van der Waals surface area (Å²) < 4.78 is 1.99. The van der Waals surface area contributed by atoms with Gasteiger partial charge in [-0.1, -0.05) is 20.8 Å². The first kappa shape index (κ1) is 14.6. The molecule has 1 heterocycles. The Bertz CT molecular complexity index is 445. The molecule has 1 aliphatic rings. The highest BCUT2D eigenvalue weighted by Gasteiger charge is 2.31. The predicted octanol–water partition coefficient (Wildman–Crippen LogP) is 3.34. The molecular formula is C16H29N3. The van der Waals surface area contributed by atoms with Gasteiger partial charge in [0.05, 0.1) is 5.69 Å². The Hall–Kier alpha value is -0.830. The number of nitrogens with zero attached hydrogens (tertiary/aromatic N) is 2. The minimum absolute atomic E-state index is 0.481. The number of rotatable bonds is 3. The maximum absolute atomic E-state index is 4.49. The Morgan fingerprint density at radius 2 is 2.00 bits per heavy atom. The second kappa shape index (κ2) is 5.28. The maximum atomic E-state index is 4.49. The standard InChI is InChI=1S/C16H29N3/c1-11-7-14(9-16(4,5)8-11)17-10-15-12(2)18-19(6)13(15)3/h11,14,17H,7-10H2,1-6H3. The highest BCUT2D eigenvalue weighted by atomic mass is 15.3. The molecule has 3 nitrogen and oxygen atoms in total. The molecule has 0 bridgehead atoms. The first-order valence-electron chi connectivity index (χ1n) is 7.51. The average molecular weight is 263 g/mol. The van der Waals surface area contributed by atoms with Crippen molar-refractivity contribution in [2.24, 2.45) is 18.4 Å². The third kappa shape index (κ3) is 3.38. The molecule has 108 valence electrons. The topological polar surface area (TPSA) is 29.9 Å². The van der Waals surface area contributed by atoms with Crippen LogP contribution in [-0.2, 0) is 13.6 Å². The quantitative estimate of drug-likeness (QED) is 0.906. The number of hydrogen-bond acceptors (Lipinski definition) is 2. The predicted molar refractivity (Wildman–Crippen MR) is 80.1 cm³/mol. The van der Waals surface area contributed by atoms with E-state index in [2.05, 4.69) is 45.0 Å². The van der Waals surface area contributed by atoms with Gasteiger partial charge in [-0.2, -0.15) is 5.10 Å². The number of aryl methyl sites for hydroxylation is 2. The summed E-state index contributed by atoms with van der Waals surface area (Å²) in [5, 5.41) is 8.26. The van der Waals surface area contributed by atoms with Crippen molar-refractivity contribution in [3.8, 4) is 0 Å². The summed E-state index contributed by atoms with van der Waals surface area (Å²) in [6.07, 6.45) is 3.95. The van der Waals surface area contributed by atoms with E-state index in [4.69, 9.17) is 0 Å². The van der Waals surface area contributed by atoms with Crippen molar-refractivity contribution in [1.82, 2.24) is 15.1 Å². The third-order valence-electron chi connectivity index (χ3n) is 4.61. The molecule has 1 N–H and O–H groups in total. The van der Waals surface area contributed by atoms with Gasteiger partial charge in [0.1, 0.15) is 0 Å². The average Bonchev–Trinajstić information content (AvgIpc) is 2.48. The van der Waals surface area contributed by atoms with Gasteiger partial charge in [0.15, 0.2) is 0 Å². The summed E-state index contributed by atoms with van der Waals surface area (Å²) in [4.78, 5) is 0. The molecule has 1 aromatic heterocycles. The van der Waals surface area contributed by atoms with Crippen LogP contribution in [0.5, 0.6) is 0 Å². The zero-order valence-corrected chi connectivity index (χ0v) is 13.4. The molecule has 0 spiro atoms. The monoisotopic (exact) mass is 263 g/mol. The minimum Gasteiger partial charge on any atom is -0.310 e. The Kier molecular flexibility index (Phi) is 4.05. The van der Waals surface area contributed by atoms with Crippen LogP contribution in [0.4, 0.5) is 0 Å². The van der Waals surface area contributed by atoms with Crippen LogP contribution in [0, 0.1) is 25.2 Å². The van der Waals surface area contributed by atoms with E-state index in [1.165, 1.54) is 30.5 Å². The molecule has 2 atom stereocenters. The molecule has 0 aliphatic heterocycles. The Morgan fingerprint density at radius 1 is 1.32 bits per heavy atom. The molecular weight excluding hydrogens is 234 g/mol. The molecule has 0 aromatic carbocycles. The second-order valence-electron chi connectivity index (χ2n) is 7.26. The van der Waals surface area contributed by atoms with Crippen LogP contribution in [0.3, 0.4) is 0 Å². The summed E-state index contributed by atoms with van der Waals surface area (Å²) in [5.41, 5.74) is 4.30. The lowest BCUT2D eigenvalue weighted by atomic mass is 9.70. The smallest absolute Gasteiger partial charge is 0.0641 e. The van der Waals surface area contributed by atoms with Crippen LogP contribution in [0.25, 0.3) is 0 Å². The van der Waals surface area contributed by atoms with E-state index >= 15 is 0 Å². The second-order valence-corrected chi connectivity index (χ2v) is 7.26. The SMILES string of the molecule is Cc1nn(C)c(C)c1CNC1CC(C)CC(C)(C)C1. The van der Waals surface area contributed by atoms with Gasteiger partial charge in [-0.25, -0.2) is 0 Å². The molecule has 19 heavy (non-hydrogen) atoms. The first-order chi connectivity index (χ1) is 8.78. The number of aromatic nitrogens is 2. The van der Waals surface area contributed by atoms with Crippen LogP contribution < -0.4 is 5.32 Å². The van der Waals surface area contributed by atoms with Gasteiger partial charge in [-0.05, 0) is 44.4 Å².